The summed E-state index contributed by atoms with van der Waals surface area (Å²) in [6, 6.07) is 16.3. The van der Waals surface area contributed by atoms with Gasteiger partial charge in [-0.1, -0.05) is 12.1 Å². The van der Waals surface area contributed by atoms with Crippen molar-refractivity contribution in [1.82, 2.24) is 20.5 Å². The Morgan fingerprint density at radius 1 is 1.09 bits per heavy atom. The number of benzene rings is 2. The van der Waals surface area contributed by atoms with Crippen LogP contribution in [0.2, 0.25) is 0 Å². The first-order valence-electron chi connectivity index (χ1n) is 10.8. The van der Waals surface area contributed by atoms with Gasteiger partial charge in [0.2, 0.25) is 0 Å². The average molecular weight is 463 g/mol. The molecule has 3 N–H and O–H groups in total. The minimum absolute atomic E-state index is 0.0493. The molecule has 6 nitrogen and oxygen atoms in total. The lowest BCUT2D eigenvalue weighted by Gasteiger charge is -2.30. The number of aromatic amines is 1. The van der Waals surface area contributed by atoms with E-state index in [0.717, 1.165) is 0 Å². The van der Waals surface area contributed by atoms with Crippen LogP contribution in [0, 0.1) is 11.6 Å². The molecular formula is C26H24F2N4O2. The molecule has 1 amide bonds. The molecule has 1 atom stereocenters. The number of rotatable bonds is 7. The Balaban J connectivity index is 1.65. The van der Waals surface area contributed by atoms with Crippen LogP contribution in [-0.4, -0.2) is 37.8 Å². The van der Waals surface area contributed by atoms with Gasteiger partial charge in [-0.15, -0.1) is 0 Å². The van der Waals surface area contributed by atoms with Gasteiger partial charge in [0.25, 0.3) is 5.91 Å². The van der Waals surface area contributed by atoms with Crippen LogP contribution >= 0.6 is 0 Å². The number of pyridine rings is 1. The second-order valence-corrected chi connectivity index (χ2v) is 8.54. The van der Waals surface area contributed by atoms with E-state index in [9.17, 15) is 18.7 Å². The molecule has 0 fully saturated rings. The van der Waals surface area contributed by atoms with E-state index < -0.39 is 23.4 Å². The summed E-state index contributed by atoms with van der Waals surface area (Å²) in [5.74, 6) is -1.53. The summed E-state index contributed by atoms with van der Waals surface area (Å²) in [4.78, 5) is 17.5. The van der Waals surface area contributed by atoms with E-state index in [4.69, 9.17) is 0 Å². The van der Waals surface area contributed by atoms with E-state index in [1.807, 2.05) is 6.07 Å². The van der Waals surface area contributed by atoms with Gasteiger partial charge >= 0.3 is 0 Å². The van der Waals surface area contributed by atoms with Gasteiger partial charge in [0.15, 0.2) is 0 Å². The Morgan fingerprint density at radius 3 is 2.53 bits per heavy atom. The Labute approximate surface area is 195 Å². The molecule has 2 heterocycles. The molecular weight excluding hydrogens is 438 g/mol. The molecule has 174 valence electrons. The number of nitrogens with one attached hydrogen (secondary N) is 2. The quantitative estimate of drug-likeness (QED) is 0.376. The number of nitrogens with zero attached hydrogens (tertiary/aromatic N) is 2. The fourth-order valence-corrected chi connectivity index (χ4v) is 3.65. The zero-order valence-electron chi connectivity index (χ0n) is 18.7. The normalized spacial score (nSPS) is 12.4. The van der Waals surface area contributed by atoms with Crippen LogP contribution in [0.3, 0.4) is 0 Å². The second kappa shape index (κ2) is 9.52. The fraction of sp³-hybridized carbons (Fsp3) is 0.192. The number of aromatic nitrogens is 3. The summed E-state index contributed by atoms with van der Waals surface area (Å²) in [6.07, 6.45) is 1.93. The molecule has 34 heavy (non-hydrogen) atoms. The number of amides is 1. The van der Waals surface area contributed by atoms with Crippen LogP contribution in [0.1, 0.15) is 29.9 Å². The predicted molar refractivity (Wildman–Crippen MR) is 125 cm³/mol. The average Bonchev–Trinajstić information content (AvgIpc) is 3.28. The lowest BCUT2D eigenvalue weighted by molar-refractivity contribution is 0.0347. The van der Waals surface area contributed by atoms with Crippen molar-refractivity contribution in [1.29, 1.82) is 0 Å². The maximum absolute atomic E-state index is 14.9. The van der Waals surface area contributed by atoms with E-state index in [1.54, 1.807) is 50.4 Å². The van der Waals surface area contributed by atoms with Crippen molar-refractivity contribution in [3.05, 3.63) is 95.8 Å². The highest BCUT2D eigenvalue weighted by molar-refractivity contribution is 6.01. The van der Waals surface area contributed by atoms with Crippen molar-refractivity contribution in [2.45, 2.75) is 31.9 Å². The summed E-state index contributed by atoms with van der Waals surface area (Å²) in [6.45, 7) is 3.19. The van der Waals surface area contributed by atoms with Gasteiger partial charge in [-0.2, -0.15) is 5.10 Å². The lowest BCUT2D eigenvalue weighted by atomic mass is 9.93. The first kappa shape index (κ1) is 23.3. The minimum atomic E-state index is -1.26. The maximum atomic E-state index is 14.9. The Hall–Kier alpha value is -3.91. The fourth-order valence-electron chi connectivity index (χ4n) is 3.65. The molecule has 0 aliphatic carbocycles. The van der Waals surface area contributed by atoms with Crippen LogP contribution in [0.4, 0.5) is 8.78 Å². The molecule has 0 saturated heterocycles. The van der Waals surface area contributed by atoms with Crippen molar-refractivity contribution >= 4 is 5.91 Å². The minimum Gasteiger partial charge on any atom is -0.388 e. The predicted octanol–water partition coefficient (Wildman–Crippen LogP) is 4.53. The largest absolute Gasteiger partial charge is 0.388 e. The molecule has 4 rings (SSSR count). The van der Waals surface area contributed by atoms with Crippen molar-refractivity contribution in [2.24, 2.45) is 0 Å². The molecule has 0 spiro atoms. The van der Waals surface area contributed by atoms with Crippen molar-refractivity contribution in [3.8, 4) is 22.5 Å². The summed E-state index contributed by atoms with van der Waals surface area (Å²) in [7, 11) is 0. The van der Waals surface area contributed by atoms with Crippen molar-refractivity contribution in [2.75, 3.05) is 0 Å². The van der Waals surface area contributed by atoms with Gasteiger partial charge < -0.3 is 10.4 Å². The zero-order valence-corrected chi connectivity index (χ0v) is 18.7. The lowest BCUT2D eigenvalue weighted by Crippen LogP contribution is -2.50. The van der Waals surface area contributed by atoms with Gasteiger partial charge in [0, 0.05) is 29.4 Å². The van der Waals surface area contributed by atoms with Gasteiger partial charge in [-0.25, -0.2) is 8.78 Å². The highest BCUT2D eigenvalue weighted by atomic mass is 19.1. The monoisotopic (exact) mass is 462 g/mol. The molecule has 8 heteroatoms. The number of halogens is 2. The topological polar surface area (TPSA) is 90.9 Å². The molecule has 0 unspecified atom stereocenters. The third-order valence-electron chi connectivity index (χ3n) is 5.54. The van der Waals surface area contributed by atoms with E-state index in [-0.39, 0.29) is 16.9 Å². The number of H-pyrrole nitrogens is 1. The van der Waals surface area contributed by atoms with E-state index in [0.29, 0.717) is 29.1 Å². The van der Waals surface area contributed by atoms with Crippen LogP contribution in [-0.2, 0) is 6.42 Å². The molecule has 4 aromatic rings. The molecule has 0 aliphatic heterocycles. The zero-order chi connectivity index (χ0) is 24.3. The van der Waals surface area contributed by atoms with E-state index in [1.165, 1.54) is 30.3 Å². The smallest absolute Gasteiger partial charge is 0.252 e. The Bertz CT molecular complexity index is 1280. The highest BCUT2D eigenvalue weighted by Gasteiger charge is 2.30. The van der Waals surface area contributed by atoms with E-state index in [2.05, 4.69) is 20.5 Å². The van der Waals surface area contributed by atoms with Gasteiger partial charge in [0.1, 0.15) is 11.6 Å². The summed E-state index contributed by atoms with van der Waals surface area (Å²) < 4.78 is 28.2. The number of carbonyl (C=O) groups excluding carboxylic acids is 1. The number of hydrogen-bond donors (Lipinski definition) is 3. The summed E-state index contributed by atoms with van der Waals surface area (Å²) in [5, 5.41) is 20.5. The van der Waals surface area contributed by atoms with Crippen LogP contribution in [0.5, 0.6) is 0 Å². The molecule has 0 saturated carbocycles. The Kier molecular flexibility index (Phi) is 6.51. The second-order valence-electron chi connectivity index (χ2n) is 8.54. The summed E-state index contributed by atoms with van der Waals surface area (Å²) in [5.41, 5.74) is 0.999. The first-order chi connectivity index (χ1) is 16.2. The standard InChI is InChI=1S/C26H24F2N4O2/c1-26(2,34)23(14-18-6-3-4-13-29-18)30-25(33)19-7-5-8-20(28)24(19)22-15-21(31-32-22)16-9-11-17(27)12-10-16/h3-13,15,23,34H,14H2,1-2H3,(H,30,33)(H,31,32)/t23-/m1/s1. The highest BCUT2D eigenvalue weighted by Crippen LogP contribution is 2.29. The molecule has 0 aliphatic rings. The van der Waals surface area contributed by atoms with E-state index >= 15 is 0 Å². The SMILES string of the molecule is CC(C)(O)[C@@H](Cc1ccccn1)NC(=O)c1cccc(F)c1-c1cc(-c2ccc(F)cc2)n[nH]1. The van der Waals surface area contributed by atoms with Crippen LogP contribution in [0.15, 0.2) is 72.9 Å². The van der Waals surface area contributed by atoms with Crippen LogP contribution in [0.25, 0.3) is 22.5 Å². The Morgan fingerprint density at radius 2 is 1.85 bits per heavy atom. The molecule has 2 aromatic carbocycles. The maximum Gasteiger partial charge on any atom is 0.252 e. The molecule has 2 aromatic heterocycles. The van der Waals surface area contributed by atoms with Crippen molar-refractivity contribution in [3.63, 3.8) is 0 Å². The first-order valence-corrected chi connectivity index (χ1v) is 10.8. The van der Waals surface area contributed by atoms with Gasteiger partial charge in [0.05, 0.1) is 28.6 Å². The van der Waals surface area contributed by atoms with Crippen LogP contribution < -0.4 is 5.32 Å². The van der Waals surface area contributed by atoms with Gasteiger partial charge in [-0.05, 0) is 68.4 Å². The molecule has 0 radical (unpaired) electrons. The summed E-state index contributed by atoms with van der Waals surface area (Å²) >= 11 is 0. The van der Waals surface area contributed by atoms with Crippen molar-refractivity contribution < 1.29 is 18.7 Å². The molecule has 0 bridgehead atoms. The third-order valence-corrected chi connectivity index (χ3v) is 5.54. The van der Waals surface area contributed by atoms with Gasteiger partial charge in [-0.3, -0.25) is 14.9 Å². The third kappa shape index (κ3) is 5.18. The number of hydrogen-bond acceptors (Lipinski definition) is 4. The number of carbonyl (C=O) groups is 1. The number of aliphatic hydroxyl groups is 1.